The van der Waals surface area contributed by atoms with Gasteiger partial charge >= 0.3 is 0 Å². The molecule has 2 rings (SSSR count). The summed E-state index contributed by atoms with van der Waals surface area (Å²) in [4.78, 5) is 8.10. The monoisotopic (exact) mass is 256 g/mol. The maximum absolute atomic E-state index is 5.89. The van der Waals surface area contributed by atoms with Gasteiger partial charge in [0, 0.05) is 12.6 Å². The smallest absolute Gasteiger partial charge is 0.224 e. The molecule has 1 aliphatic carbocycles. The Morgan fingerprint density at radius 3 is 2.82 bits per heavy atom. The highest BCUT2D eigenvalue weighted by Gasteiger charge is 2.30. The lowest BCUT2D eigenvalue weighted by molar-refractivity contribution is 0.00293. The normalized spacial score (nSPS) is 23.2. The molecule has 5 nitrogen and oxygen atoms in total. The molecule has 0 saturated heterocycles. The van der Waals surface area contributed by atoms with E-state index >= 15 is 0 Å². The average molecular weight is 257 g/mol. The van der Waals surface area contributed by atoms with Crippen LogP contribution in [0.4, 0.5) is 11.5 Å². The highest BCUT2D eigenvalue weighted by molar-refractivity contribution is 6.28. The number of nitrogens with two attached hydrogens (primary N) is 1. The maximum Gasteiger partial charge on any atom is 0.224 e. The van der Waals surface area contributed by atoms with Gasteiger partial charge in [-0.2, -0.15) is 4.98 Å². The fourth-order valence-electron chi connectivity index (χ4n) is 1.91. The van der Waals surface area contributed by atoms with Crippen LogP contribution in [0.3, 0.4) is 0 Å². The van der Waals surface area contributed by atoms with Crippen molar-refractivity contribution in [3.05, 3.63) is 11.0 Å². The second kappa shape index (κ2) is 5.06. The standard InChI is InChI=1S/C11H17ClN4O/c1-3-17-8-4-7(5-8)15-10-9(13)6(2)14-11(12)16-10/h7-8H,3-5,13H2,1-2H3,(H,14,15,16). The van der Waals surface area contributed by atoms with Gasteiger partial charge in [-0.25, -0.2) is 4.98 Å². The molecule has 94 valence electrons. The number of halogens is 1. The van der Waals surface area contributed by atoms with Gasteiger partial charge < -0.3 is 15.8 Å². The zero-order valence-electron chi connectivity index (χ0n) is 10.0. The average Bonchev–Trinajstić information content (AvgIpc) is 2.22. The van der Waals surface area contributed by atoms with E-state index in [1.165, 1.54) is 0 Å². The van der Waals surface area contributed by atoms with Crippen molar-refractivity contribution in [2.24, 2.45) is 0 Å². The molecule has 0 aliphatic heterocycles. The molecule has 0 atom stereocenters. The highest BCUT2D eigenvalue weighted by Crippen LogP contribution is 2.29. The van der Waals surface area contributed by atoms with Crippen molar-refractivity contribution in [1.29, 1.82) is 0 Å². The minimum Gasteiger partial charge on any atom is -0.394 e. The molecule has 1 fully saturated rings. The van der Waals surface area contributed by atoms with Gasteiger partial charge in [0.2, 0.25) is 5.28 Å². The molecule has 0 radical (unpaired) electrons. The van der Waals surface area contributed by atoms with E-state index in [0.717, 1.165) is 19.4 Å². The fraction of sp³-hybridized carbons (Fsp3) is 0.636. The SMILES string of the molecule is CCOC1CC(Nc2nc(Cl)nc(C)c2N)C1. The predicted octanol–water partition coefficient (Wildman–Crippen LogP) is 2.00. The van der Waals surface area contributed by atoms with Gasteiger partial charge in [-0.05, 0) is 38.3 Å². The Morgan fingerprint density at radius 2 is 2.18 bits per heavy atom. The van der Waals surface area contributed by atoms with Crippen molar-refractivity contribution in [3.8, 4) is 0 Å². The molecule has 0 bridgehead atoms. The lowest BCUT2D eigenvalue weighted by Crippen LogP contribution is -2.41. The van der Waals surface area contributed by atoms with Crippen LogP contribution in [0.2, 0.25) is 5.28 Å². The Labute approximate surface area is 106 Å². The molecule has 0 unspecified atom stereocenters. The Balaban J connectivity index is 1.96. The number of hydrogen-bond acceptors (Lipinski definition) is 5. The van der Waals surface area contributed by atoms with Crippen molar-refractivity contribution < 1.29 is 4.74 Å². The quantitative estimate of drug-likeness (QED) is 0.806. The van der Waals surface area contributed by atoms with E-state index in [9.17, 15) is 0 Å². The van der Waals surface area contributed by atoms with Crippen LogP contribution in [0, 0.1) is 6.92 Å². The Kier molecular flexibility index (Phi) is 3.69. The molecular formula is C11H17ClN4O. The summed E-state index contributed by atoms with van der Waals surface area (Å²) < 4.78 is 5.49. The minimum atomic E-state index is 0.222. The van der Waals surface area contributed by atoms with Crippen molar-refractivity contribution in [3.63, 3.8) is 0 Å². The van der Waals surface area contributed by atoms with Gasteiger partial charge in [0.1, 0.15) is 0 Å². The summed E-state index contributed by atoms with van der Waals surface area (Å²) in [6.07, 6.45) is 2.32. The number of ether oxygens (including phenoxy) is 1. The molecule has 0 aromatic carbocycles. The van der Waals surface area contributed by atoms with Gasteiger partial charge in [0.15, 0.2) is 5.82 Å². The number of rotatable bonds is 4. The minimum absolute atomic E-state index is 0.222. The fourth-order valence-corrected chi connectivity index (χ4v) is 2.12. The maximum atomic E-state index is 5.89. The van der Waals surface area contributed by atoms with Crippen molar-refractivity contribution >= 4 is 23.1 Å². The molecule has 1 aliphatic rings. The van der Waals surface area contributed by atoms with Crippen LogP contribution in [0.1, 0.15) is 25.5 Å². The largest absolute Gasteiger partial charge is 0.394 e. The Morgan fingerprint density at radius 1 is 1.47 bits per heavy atom. The molecule has 1 aromatic rings. The van der Waals surface area contributed by atoms with Crippen LogP contribution in [-0.4, -0.2) is 28.7 Å². The summed E-state index contributed by atoms with van der Waals surface area (Å²) >= 11 is 5.80. The molecule has 0 amide bonds. The van der Waals surface area contributed by atoms with E-state index in [4.69, 9.17) is 22.1 Å². The first-order valence-corrected chi connectivity index (χ1v) is 6.15. The van der Waals surface area contributed by atoms with Crippen LogP contribution in [0.25, 0.3) is 0 Å². The molecule has 1 saturated carbocycles. The number of nitrogens with zero attached hydrogens (tertiary/aromatic N) is 2. The second-order valence-electron chi connectivity index (χ2n) is 4.23. The first-order valence-electron chi connectivity index (χ1n) is 5.78. The van der Waals surface area contributed by atoms with Crippen LogP contribution in [0.5, 0.6) is 0 Å². The Hall–Kier alpha value is -1.07. The third-order valence-corrected chi connectivity index (χ3v) is 3.12. The number of nitrogen functional groups attached to an aromatic ring is 1. The third kappa shape index (κ3) is 2.79. The van der Waals surface area contributed by atoms with E-state index in [1.807, 2.05) is 13.8 Å². The number of nitrogens with one attached hydrogen (secondary N) is 1. The first kappa shape index (κ1) is 12.4. The molecule has 6 heteroatoms. The predicted molar refractivity (Wildman–Crippen MR) is 68.3 cm³/mol. The number of hydrogen-bond donors (Lipinski definition) is 2. The number of aryl methyl sites for hydroxylation is 1. The molecule has 0 spiro atoms. The molecule has 1 heterocycles. The second-order valence-corrected chi connectivity index (χ2v) is 4.57. The highest BCUT2D eigenvalue weighted by atomic mass is 35.5. The summed E-state index contributed by atoms with van der Waals surface area (Å²) in [5.74, 6) is 0.627. The van der Waals surface area contributed by atoms with Gasteiger partial charge in [0.25, 0.3) is 0 Å². The van der Waals surface area contributed by atoms with Gasteiger partial charge in [0.05, 0.1) is 17.5 Å². The van der Waals surface area contributed by atoms with Crippen LogP contribution >= 0.6 is 11.6 Å². The third-order valence-electron chi connectivity index (χ3n) is 2.95. The summed E-state index contributed by atoms with van der Waals surface area (Å²) in [5.41, 5.74) is 7.16. The molecule has 3 N–H and O–H groups in total. The van der Waals surface area contributed by atoms with Crippen molar-refractivity contribution in [2.45, 2.75) is 38.8 Å². The molecule has 17 heavy (non-hydrogen) atoms. The van der Waals surface area contributed by atoms with E-state index in [0.29, 0.717) is 29.3 Å². The van der Waals surface area contributed by atoms with E-state index in [2.05, 4.69) is 15.3 Å². The topological polar surface area (TPSA) is 73.1 Å². The van der Waals surface area contributed by atoms with Gasteiger partial charge in [-0.3, -0.25) is 0 Å². The van der Waals surface area contributed by atoms with Crippen molar-refractivity contribution in [2.75, 3.05) is 17.7 Å². The zero-order valence-corrected chi connectivity index (χ0v) is 10.8. The summed E-state index contributed by atoms with van der Waals surface area (Å²) in [7, 11) is 0. The Bertz CT molecular complexity index is 407. The number of anilines is 2. The summed E-state index contributed by atoms with van der Waals surface area (Å²) in [6.45, 7) is 4.59. The number of aromatic nitrogens is 2. The molecular weight excluding hydrogens is 240 g/mol. The summed E-state index contributed by atoms with van der Waals surface area (Å²) in [6, 6.07) is 0.360. The lowest BCUT2D eigenvalue weighted by atomic mass is 9.89. The van der Waals surface area contributed by atoms with Crippen molar-refractivity contribution in [1.82, 2.24) is 9.97 Å². The van der Waals surface area contributed by atoms with E-state index < -0.39 is 0 Å². The summed E-state index contributed by atoms with van der Waals surface area (Å²) in [5, 5.41) is 3.50. The van der Waals surface area contributed by atoms with E-state index in [1.54, 1.807) is 0 Å². The zero-order chi connectivity index (χ0) is 12.4. The van der Waals surface area contributed by atoms with Crippen LogP contribution in [0.15, 0.2) is 0 Å². The van der Waals surface area contributed by atoms with Crippen LogP contribution in [-0.2, 0) is 4.74 Å². The lowest BCUT2D eigenvalue weighted by Gasteiger charge is -2.35. The van der Waals surface area contributed by atoms with E-state index in [-0.39, 0.29) is 5.28 Å². The molecule has 1 aromatic heterocycles. The first-order chi connectivity index (χ1) is 8.10. The van der Waals surface area contributed by atoms with Gasteiger partial charge in [-0.1, -0.05) is 0 Å². The van der Waals surface area contributed by atoms with Crippen LogP contribution < -0.4 is 11.1 Å². The van der Waals surface area contributed by atoms with Gasteiger partial charge in [-0.15, -0.1) is 0 Å².